The fraction of sp³-hybridized carbons (Fsp3) is 0.750. The molecule has 1 atom stereocenters. The number of amides is 1. The molecule has 18 heavy (non-hydrogen) atoms. The van der Waals surface area contributed by atoms with E-state index in [1.165, 1.54) is 11.3 Å². The van der Waals surface area contributed by atoms with E-state index in [-0.39, 0.29) is 5.91 Å². The monoisotopic (exact) mass is 270 g/mol. The largest absolute Gasteiger partial charge is 0.330 e. The lowest BCUT2D eigenvalue weighted by atomic mass is 10.1. The fourth-order valence-electron chi connectivity index (χ4n) is 1.41. The van der Waals surface area contributed by atoms with Crippen molar-refractivity contribution in [1.29, 1.82) is 0 Å². The Bertz CT molecular complexity index is 378. The van der Waals surface area contributed by atoms with Crippen LogP contribution in [0.1, 0.15) is 38.6 Å². The van der Waals surface area contributed by atoms with Crippen LogP contribution in [0.3, 0.4) is 0 Å². The molecule has 6 heteroatoms. The molecule has 0 fully saturated rings. The van der Waals surface area contributed by atoms with Crippen LogP contribution in [0.15, 0.2) is 0 Å². The van der Waals surface area contributed by atoms with Gasteiger partial charge in [0.1, 0.15) is 5.01 Å². The lowest BCUT2D eigenvalue weighted by Gasteiger charge is -2.06. The van der Waals surface area contributed by atoms with Crippen LogP contribution in [0.25, 0.3) is 0 Å². The highest BCUT2D eigenvalue weighted by atomic mass is 32.1. The second kappa shape index (κ2) is 7.43. The van der Waals surface area contributed by atoms with Crippen molar-refractivity contribution in [1.82, 2.24) is 10.2 Å². The van der Waals surface area contributed by atoms with Gasteiger partial charge in [-0.25, -0.2) is 0 Å². The topological polar surface area (TPSA) is 80.9 Å². The molecular weight excluding hydrogens is 248 g/mol. The maximum absolute atomic E-state index is 11.7. The minimum absolute atomic E-state index is 0.0115. The van der Waals surface area contributed by atoms with Crippen LogP contribution in [-0.2, 0) is 11.2 Å². The maximum Gasteiger partial charge on any atom is 0.226 e. The Morgan fingerprint density at radius 3 is 2.72 bits per heavy atom. The molecule has 0 aliphatic rings. The number of carbonyl (C=O) groups excluding carboxylic acids is 1. The van der Waals surface area contributed by atoms with Crippen molar-refractivity contribution in [2.24, 2.45) is 17.6 Å². The van der Waals surface area contributed by atoms with Crippen molar-refractivity contribution < 1.29 is 4.79 Å². The molecule has 3 N–H and O–H groups in total. The van der Waals surface area contributed by atoms with Crippen molar-refractivity contribution in [2.45, 2.75) is 40.0 Å². The molecular formula is C12H22N4OS. The van der Waals surface area contributed by atoms with E-state index >= 15 is 0 Å². The van der Waals surface area contributed by atoms with Crippen LogP contribution in [0, 0.1) is 11.8 Å². The van der Waals surface area contributed by atoms with E-state index in [2.05, 4.69) is 29.4 Å². The van der Waals surface area contributed by atoms with Crippen LogP contribution >= 0.6 is 11.3 Å². The Kier molecular flexibility index (Phi) is 6.21. The molecule has 0 spiro atoms. The predicted molar refractivity (Wildman–Crippen MR) is 74.5 cm³/mol. The standard InChI is InChI=1S/C12H22N4OS/c1-8(2)6-11-15-16-12(18-11)14-10(17)5-4-9(3)7-13/h8-9H,4-7,13H2,1-3H3,(H,14,16,17). The zero-order chi connectivity index (χ0) is 13.5. The third kappa shape index (κ3) is 5.55. The van der Waals surface area contributed by atoms with E-state index in [1.54, 1.807) is 0 Å². The Morgan fingerprint density at radius 2 is 2.11 bits per heavy atom. The van der Waals surface area contributed by atoms with Gasteiger partial charge in [-0.1, -0.05) is 32.1 Å². The first-order valence-corrected chi connectivity index (χ1v) is 7.15. The highest BCUT2D eigenvalue weighted by Crippen LogP contribution is 2.18. The number of hydrogen-bond donors (Lipinski definition) is 2. The van der Waals surface area contributed by atoms with Crippen LogP contribution in [0.5, 0.6) is 0 Å². The minimum atomic E-state index is -0.0115. The molecule has 1 amide bonds. The number of anilines is 1. The van der Waals surface area contributed by atoms with Crippen molar-refractivity contribution in [3.63, 3.8) is 0 Å². The summed E-state index contributed by atoms with van der Waals surface area (Å²) >= 11 is 1.45. The Balaban J connectivity index is 2.37. The molecule has 1 unspecified atom stereocenters. The fourth-order valence-corrected chi connectivity index (χ4v) is 2.38. The Morgan fingerprint density at radius 1 is 1.39 bits per heavy atom. The highest BCUT2D eigenvalue weighted by Gasteiger charge is 2.10. The summed E-state index contributed by atoms with van der Waals surface area (Å²) in [5, 5.41) is 12.4. The number of carbonyl (C=O) groups is 1. The third-order valence-electron chi connectivity index (χ3n) is 2.56. The van der Waals surface area contributed by atoms with Gasteiger partial charge in [0.25, 0.3) is 0 Å². The van der Waals surface area contributed by atoms with E-state index in [0.29, 0.717) is 29.9 Å². The second-order valence-corrected chi connectivity index (χ2v) is 6.09. The first kappa shape index (κ1) is 15.0. The number of hydrogen-bond acceptors (Lipinski definition) is 5. The first-order chi connectivity index (χ1) is 8.51. The van der Waals surface area contributed by atoms with Crippen molar-refractivity contribution >= 4 is 22.4 Å². The minimum Gasteiger partial charge on any atom is -0.330 e. The van der Waals surface area contributed by atoms with E-state index in [9.17, 15) is 4.79 Å². The molecule has 102 valence electrons. The number of aromatic nitrogens is 2. The summed E-state index contributed by atoms with van der Waals surface area (Å²) in [5.74, 6) is 0.913. The SMILES string of the molecule is CC(C)Cc1nnc(NC(=O)CCC(C)CN)s1. The van der Waals surface area contributed by atoms with Gasteiger partial charge in [0.15, 0.2) is 0 Å². The molecule has 0 aliphatic carbocycles. The van der Waals surface area contributed by atoms with E-state index in [0.717, 1.165) is 17.8 Å². The lowest BCUT2D eigenvalue weighted by molar-refractivity contribution is -0.116. The number of rotatable bonds is 7. The summed E-state index contributed by atoms with van der Waals surface area (Å²) in [5.41, 5.74) is 5.51. The lowest BCUT2D eigenvalue weighted by Crippen LogP contribution is -2.16. The molecule has 1 aromatic heterocycles. The molecule has 5 nitrogen and oxygen atoms in total. The zero-order valence-electron chi connectivity index (χ0n) is 11.3. The summed E-state index contributed by atoms with van der Waals surface area (Å²) < 4.78 is 0. The van der Waals surface area contributed by atoms with E-state index in [4.69, 9.17) is 5.73 Å². The summed E-state index contributed by atoms with van der Waals surface area (Å²) in [6.07, 6.45) is 2.19. The van der Waals surface area contributed by atoms with Gasteiger partial charge in [-0.2, -0.15) is 0 Å². The highest BCUT2D eigenvalue weighted by molar-refractivity contribution is 7.15. The van der Waals surface area contributed by atoms with Gasteiger partial charge in [-0.05, 0) is 24.8 Å². The molecule has 0 radical (unpaired) electrons. The number of nitrogens with one attached hydrogen (secondary N) is 1. The zero-order valence-corrected chi connectivity index (χ0v) is 12.1. The molecule has 0 saturated carbocycles. The van der Waals surface area contributed by atoms with Crippen LogP contribution in [0.4, 0.5) is 5.13 Å². The predicted octanol–water partition coefficient (Wildman–Crippen LogP) is 2.05. The molecule has 0 aromatic carbocycles. The van der Waals surface area contributed by atoms with Crippen LogP contribution in [0.2, 0.25) is 0 Å². The van der Waals surface area contributed by atoms with E-state index in [1.807, 2.05) is 6.92 Å². The molecule has 0 bridgehead atoms. The summed E-state index contributed by atoms with van der Waals surface area (Å²) in [6, 6.07) is 0. The Labute approximate surface area is 112 Å². The van der Waals surface area contributed by atoms with Gasteiger partial charge in [0.05, 0.1) is 0 Å². The van der Waals surface area contributed by atoms with Gasteiger partial charge in [-0.15, -0.1) is 10.2 Å². The quantitative estimate of drug-likeness (QED) is 0.794. The Hall–Kier alpha value is -1.01. The molecule has 0 saturated heterocycles. The van der Waals surface area contributed by atoms with Crippen LogP contribution < -0.4 is 11.1 Å². The van der Waals surface area contributed by atoms with Crippen molar-refractivity contribution in [3.8, 4) is 0 Å². The van der Waals surface area contributed by atoms with Gasteiger partial charge < -0.3 is 11.1 Å². The van der Waals surface area contributed by atoms with Crippen LogP contribution in [-0.4, -0.2) is 22.6 Å². The van der Waals surface area contributed by atoms with Gasteiger partial charge >= 0.3 is 0 Å². The normalized spacial score (nSPS) is 12.7. The second-order valence-electron chi connectivity index (χ2n) is 5.03. The molecule has 1 aromatic rings. The molecule has 1 rings (SSSR count). The first-order valence-electron chi connectivity index (χ1n) is 6.33. The smallest absolute Gasteiger partial charge is 0.226 e. The maximum atomic E-state index is 11.7. The van der Waals surface area contributed by atoms with Crippen molar-refractivity contribution in [2.75, 3.05) is 11.9 Å². The summed E-state index contributed by atoms with van der Waals surface area (Å²) in [4.78, 5) is 11.7. The molecule has 1 heterocycles. The molecule has 0 aliphatic heterocycles. The average Bonchev–Trinajstić information content (AvgIpc) is 2.72. The third-order valence-corrected chi connectivity index (χ3v) is 3.42. The number of nitrogens with zero attached hydrogens (tertiary/aromatic N) is 2. The van der Waals surface area contributed by atoms with Gasteiger partial charge in [-0.3, -0.25) is 4.79 Å². The number of nitrogens with two attached hydrogens (primary N) is 1. The van der Waals surface area contributed by atoms with Gasteiger partial charge in [0.2, 0.25) is 11.0 Å². The van der Waals surface area contributed by atoms with Crippen molar-refractivity contribution in [3.05, 3.63) is 5.01 Å². The average molecular weight is 270 g/mol. The van der Waals surface area contributed by atoms with E-state index < -0.39 is 0 Å². The summed E-state index contributed by atoms with van der Waals surface area (Å²) in [6.45, 7) is 6.92. The summed E-state index contributed by atoms with van der Waals surface area (Å²) in [7, 11) is 0. The van der Waals surface area contributed by atoms with Gasteiger partial charge in [0, 0.05) is 12.8 Å².